The minimum Gasteiger partial charge on any atom is -0.506 e. The summed E-state index contributed by atoms with van der Waals surface area (Å²) in [5.74, 6) is 0.567. The summed E-state index contributed by atoms with van der Waals surface area (Å²) in [6.07, 6.45) is 5.08. The average Bonchev–Trinajstić information content (AvgIpc) is 2.54. The van der Waals surface area contributed by atoms with E-state index in [0.717, 1.165) is 10.5 Å². The van der Waals surface area contributed by atoms with Gasteiger partial charge in [0, 0.05) is 10.5 Å². The Labute approximate surface area is 138 Å². The summed E-state index contributed by atoms with van der Waals surface area (Å²) < 4.78 is 5.28. The van der Waals surface area contributed by atoms with Gasteiger partial charge in [-0.15, -0.1) is 11.8 Å². The van der Waals surface area contributed by atoms with Gasteiger partial charge in [0.05, 0.1) is 12.1 Å². The number of ketones is 1. The number of methoxy groups -OCH3 is 1. The number of aromatic hydroxyl groups is 1. The minimum atomic E-state index is -0.129. The number of halogens is 1. The topological polar surface area (TPSA) is 46.5 Å². The van der Waals surface area contributed by atoms with Gasteiger partial charge in [0.1, 0.15) is 11.5 Å². The second-order valence-corrected chi connectivity index (χ2v) is 5.73. The Morgan fingerprint density at radius 2 is 2.05 bits per heavy atom. The zero-order valence-corrected chi connectivity index (χ0v) is 13.7. The van der Waals surface area contributed by atoms with Gasteiger partial charge >= 0.3 is 0 Å². The molecule has 0 fully saturated rings. The van der Waals surface area contributed by atoms with E-state index in [4.69, 9.17) is 16.3 Å². The van der Waals surface area contributed by atoms with E-state index in [-0.39, 0.29) is 16.6 Å². The molecular formula is C17H15ClO3S. The molecule has 3 nitrogen and oxygen atoms in total. The van der Waals surface area contributed by atoms with Crippen molar-refractivity contribution in [2.24, 2.45) is 0 Å². The number of thioether (sulfide) groups is 1. The number of benzene rings is 2. The van der Waals surface area contributed by atoms with Crippen LogP contribution in [0, 0.1) is 0 Å². The quantitative estimate of drug-likeness (QED) is 0.490. The third-order valence-electron chi connectivity index (χ3n) is 3.07. The Morgan fingerprint density at radius 1 is 1.27 bits per heavy atom. The minimum absolute atomic E-state index is 0.0162. The van der Waals surface area contributed by atoms with Gasteiger partial charge in [-0.25, -0.2) is 0 Å². The van der Waals surface area contributed by atoms with Crippen LogP contribution in [0.15, 0.2) is 47.4 Å². The molecule has 0 aliphatic heterocycles. The normalized spacial score (nSPS) is 10.9. The van der Waals surface area contributed by atoms with Gasteiger partial charge in [0.2, 0.25) is 0 Å². The van der Waals surface area contributed by atoms with Crippen LogP contribution in [0.1, 0.15) is 15.9 Å². The van der Waals surface area contributed by atoms with E-state index in [1.807, 2.05) is 12.3 Å². The summed E-state index contributed by atoms with van der Waals surface area (Å²) in [5.41, 5.74) is 1.29. The van der Waals surface area contributed by atoms with Gasteiger partial charge in [-0.05, 0) is 48.2 Å². The van der Waals surface area contributed by atoms with E-state index < -0.39 is 0 Å². The fourth-order valence-electron chi connectivity index (χ4n) is 1.88. The lowest BCUT2D eigenvalue weighted by molar-refractivity contribution is 0.104. The maximum absolute atomic E-state index is 12.2. The molecule has 2 rings (SSSR count). The molecule has 0 aliphatic carbocycles. The van der Waals surface area contributed by atoms with Crippen molar-refractivity contribution in [1.82, 2.24) is 0 Å². The lowest BCUT2D eigenvalue weighted by Crippen LogP contribution is -1.96. The van der Waals surface area contributed by atoms with E-state index in [2.05, 4.69) is 0 Å². The summed E-state index contributed by atoms with van der Waals surface area (Å²) in [6, 6.07) is 10.1. The number of allylic oxidation sites excluding steroid dienone is 1. The Morgan fingerprint density at radius 3 is 2.68 bits per heavy atom. The highest BCUT2D eigenvalue weighted by Gasteiger charge is 2.08. The molecule has 0 aromatic heterocycles. The van der Waals surface area contributed by atoms with Crippen LogP contribution in [0.2, 0.25) is 5.02 Å². The molecule has 2 aromatic rings. The number of carbonyl (C=O) groups excluding carboxylic acids is 1. The van der Waals surface area contributed by atoms with Gasteiger partial charge < -0.3 is 9.84 Å². The van der Waals surface area contributed by atoms with Crippen LogP contribution in [0.4, 0.5) is 0 Å². The van der Waals surface area contributed by atoms with Gasteiger partial charge in [0.15, 0.2) is 5.78 Å². The van der Waals surface area contributed by atoms with Crippen LogP contribution in [-0.4, -0.2) is 24.3 Å². The van der Waals surface area contributed by atoms with Gasteiger partial charge in [-0.3, -0.25) is 4.79 Å². The maximum Gasteiger partial charge on any atom is 0.185 e. The predicted molar refractivity (Wildman–Crippen MR) is 91.3 cm³/mol. The molecule has 5 heteroatoms. The number of hydrogen-bond acceptors (Lipinski definition) is 4. The first-order valence-corrected chi connectivity index (χ1v) is 8.08. The largest absolute Gasteiger partial charge is 0.506 e. The molecule has 0 bridgehead atoms. The lowest BCUT2D eigenvalue weighted by Gasteiger charge is -2.07. The summed E-state index contributed by atoms with van der Waals surface area (Å²) in [4.78, 5) is 13.2. The summed E-state index contributed by atoms with van der Waals surface area (Å²) in [5, 5.41) is 9.62. The van der Waals surface area contributed by atoms with Crippen molar-refractivity contribution >= 4 is 35.2 Å². The number of phenolic OH excluding ortho intramolecular Hbond substituents is 1. The Bertz CT molecular complexity index is 726. The molecular weight excluding hydrogens is 320 g/mol. The highest BCUT2D eigenvalue weighted by atomic mass is 35.5. The van der Waals surface area contributed by atoms with Crippen molar-refractivity contribution in [2.45, 2.75) is 4.90 Å². The summed E-state index contributed by atoms with van der Waals surface area (Å²) in [7, 11) is 1.58. The van der Waals surface area contributed by atoms with Crippen LogP contribution >= 0.6 is 23.4 Å². The summed E-state index contributed by atoms with van der Waals surface area (Å²) in [6.45, 7) is 0. The second-order valence-electron chi connectivity index (χ2n) is 4.48. The van der Waals surface area contributed by atoms with Crippen LogP contribution in [-0.2, 0) is 0 Å². The molecule has 0 atom stereocenters. The van der Waals surface area contributed by atoms with Crippen molar-refractivity contribution in [2.75, 3.05) is 13.4 Å². The van der Waals surface area contributed by atoms with Gasteiger partial charge in [0.25, 0.3) is 0 Å². The van der Waals surface area contributed by atoms with E-state index in [1.54, 1.807) is 49.2 Å². The third-order valence-corrected chi connectivity index (χ3v) is 4.15. The first kappa shape index (κ1) is 16.5. The molecule has 0 amide bonds. The fourth-order valence-corrected chi connectivity index (χ4v) is 2.62. The number of phenols is 1. The number of rotatable bonds is 5. The van der Waals surface area contributed by atoms with Crippen LogP contribution in [0.5, 0.6) is 11.5 Å². The molecule has 0 saturated heterocycles. The lowest BCUT2D eigenvalue weighted by atomic mass is 10.1. The first-order valence-electron chi connectivity index (χ1n) is 6.48. The maximum atomic E-state index is 12.2. The number of hydrogen-bond donors (Lipinski definition) is 1. The zero-order valence-electron chi connectivity index (χ0n) is 12.2. The Kier molecular flexibility index (Phi) is 5.52. The molecule has 2 aromatic carbocycles. The number of carbonyl (C=O) groups is 1. The van der Waals surface area contributed by atoms with Crippen LogP contribution in [0.25, 0.3) is 6.08 Å². The van der Waals surface area contributed by atoms with Crippen molar-refractivity contribution in [1.29, 1.82) is 0 Å². The average molecular weight is 335 g/mol. The van der Waals surface area contributed by atoms with Crippen molar-refractivity contribution in [3.8, 4) is 11.5 Å². The van der Waals surface area contributed by atoms with E-state index >= 15 is 0 Å². The second kappa shape index (κ2) is 7.38. The first-order chi connectivity index (χ1) is 10.5. The van der Waals surface area contributed by atoms with Crippen LogP contribution < -0.4 is 4.74 Å². The van der Waals surface area contributed by atoms with Gasteiger partial charge in [-0.1, -0.05) is 23.7 Å². The Balaban J connectivity index is 2.21. The van der Waals surface area contributed by atoms with Gasteiger partial charge in [-0.2, -0.15) is 0 Å². The molecule has 114 valence electrons. The smallest absolute Gasteiger partial charge is 0.185 e. The van der Waals surface area contributed by atoms with E-state index in [9.17, 15) is 9.90 Å². The molecule has 0 spiro atoms. The molecule has 0 heterocycles. The van der Waals surface area contributed by atoms with Crippen molar-refractivity contribution < 1.29 is 14.6 Å². The van der Waals surface area contributed by atoms with Crippen LogP contribution in [0.3, 0.4) is 0 Å². The monoisotopic (exact) mass is 334 g/mol. The third kappa shape index (κ3) is 3.84. The predicted octanol–water partition coefficient (Wildman–Crippen LogP) is 4.67. The molecule has 0 saturated carbocycles. The highest BCUT2D eigenvalue weighted by Crippen LogP contribution is 2.29. The molecule has 1 N–H and O–H groups in total. The number of ether oxygens (including phenoxy) is 1. The molecule has 0 unspecified atom stereocenters. The van der Waals surface area contributed by atoms with E-state index in [1.165, 1.54) is 12.1 Å². The summed E-state index contributed by atoms with van der Waals surface area (Å²) >= 11 is 7.39. The zero-order chi connectivity index (χ0) is 16.1. The van der Waals surface area contributed by atoms with Crippen molar-refractivity contribution in [3.05, 3.63) is 58.6 Å². The Hall–Kier alpha value is -1.91. The standard InChI is InChI=1S/C17H15ClO3S/c1-21-16-10-12(5-8-17(16)22-2)14(19)6-3-11-4-7-15(20)13(18)9-11/h3-10,20H,1-2H3. The SMILES string of the molecule is COc1cc(C(=O)C=Cc2ccc(O)c(Cl)c2)ccc1SC. The van der Waals surface area contributed by atoms with Crippen molar-refractivity contribution in [3.63, 3.8) is 0 Å². The van der Waals surface area contributed by atoms with E-state index in [0.29, 0.717) is 11.3 Å². The molecule has 22 heavy (non-hydrogen) atoms. The molecule has 0 radical (unpaired) electrons. The fraction of sp³-hybridized carbons (Fsp3) is 0.118. The molecule has 0 aliphatic rings. The highest BCUT2D eigenvalue weighted by molar-refractivity contribution is 7.98.